The van der Waals surface area contributed by atoms with E-state index in [2.05, 4.69) is 10.1 Å². The Morgan fingerprint density at radius 3 is 2.64 bits per heavy atom. The van der Waals surface area contributed by atoms with Gasteiger partial charge in [0.05, 0.1) is 10.0 Å². The Morgan fingerprint density at radius 1 is 1.36 bits per heavy atom. The van der Waals surface area contributed by atoms with Crippen LogP contribution in [0.4, 0.5) is 0 Å². The van der Waals surface area contributed by atoms with Crippen molar-refractivity contribution in [2.45, 2.75) is 19.4 Å². The minimum Gasteiger partial charge on any atom is -0.334 e. The second kappa shape index (κ2) is 5.87. The number of nitrogens with zero attached hydrogens (tertiary/aromatic N) is 4. The Hall–Kier alpha value is -1.63. The summed E-state index contributed by atoms with van der Waals surface area (Å²) in [6, 6.07) is 5.19. The van der Waals surface area contributed by atoms with Crippen molar-refractivity contribution in [2.75, 3.05) is 13.1 Å². The van der Waals surface area contributed by atoms with E-state index in [-0.39, 0.29) is 17.8 Å². The van der Waals surface area contributed by atoms with Gasteiger partial charge in [-0.2, -0.15) is 0 Å². The maximum Gasteiger partial charge on any atom is 0.293 e. The number of aromatic nitrogens is 3. The van der Waals surface area contributed by atoms with Gasteiger partial charge in [-0.15, -0.1) is 5.10 Å². The van der Waals surface area contributed by atoms with Crippen LogP contribution in [0.25, 0.3) is 5.69 Å². The second-order valence-electron chi connectivity index (χ2n) is 5.26. The van der Waals surface area contributed by atoms with E-state index in [1.807, 2.05) is 0 Å². The quantitative estimate of drug-likeness (QED) is 0.908. The summed E-state index contributed by atoms with van der Waals surface area (Å²) in [7, 11) is 0. The number of aryl methyl sites for hydroxylation is 1. The first kappa shape index (κ1) is 15.3. The fourth-order valence-electron chi connectivity index (χ4n) is 2.50. The summed E-state index contributed by atoms with van der Waals surface area (Å²) in [4.78, 5) is 18.3. The lowest BCUT2D eigenvalue weighted by Crippen LogP contribution is -2.32. The maximum absolute atomic E-state index is 12.4. The van der Waals surface area contributed by atoms with Gasteiger partial charge in [0.25, 0.3) is 5.91 Å². The largest absolute Gasteiger partial charge is 0.334 e. The number of likely N-dealkylation sites (tertiary alicyclic amines) is 1. The van der Waals surface area contributed by atoms with Gasteiger partial charge in [-0.3, -0.25) is 4.79 Å². The first-order valence-corrected chi connectivity index (χ1v) is 7.66. The lowest BCUT2D eigenvalue weighted by molar-refractivity contribution is 0.0779. The van der Waals surface area contributed by atoms with Crippen LogP contribution in [-0.4, -0.2) is 44.7 Å². The van der Waals surface area contributed by atoms with Gasteiger partial charge in [0.1, 0.15) is 11.5 Å². The van der Waals surface area contributed by atoms with Gasteiger partial charge in [-0.1, -0.05) is 29.3 Å². The molecule has 0 bridgehead atoms. The van der Waals surface area contributed by atoms with E-state index in [4.69, 9.17) is 28.9 Å². The van der Waals surface area contributed by atoms with Crippen molar-refractivity contribution in [3.63, 3.8) is 0 Å². The highest BCUT2D eigenvalue weighted by Crippen LogP contribution is 2.28. The van der Waals surface area contributed by atoms with Crippen LogP contribution in [0, 0.1) is 6.92 Å². The molecule has 2 heterocycles. The van der Waals surface area contributed by atoms with E-state index in [1.165, 1.54) is 4.68 Å². The molecular formula is C14H15Cl2N5O. The summed E-state index contributed by atoms with van der Waals surface area (Å²) >= 11 is 12.4. The van der Waals surface area contributed by atoms with Gasteiger partial charge in [0.15, 0.2) is 0 Å². The molecule has 1 aromatic heterocycles. The molecule has 1 saturated heterocycles. The number of halogens is 2. The Balaban J connectivity index is 1.96. The minimum atomic E-state index is -0.224. The molecule has 0 aliphatic carbocycles. The molecular weight excluding hydrogens is 325 g/mol. The number of carbonyl (C=O) groups excluding carboxylic acids is 1. The third kappa shape index (κ3) is 2.69. The zero-order chi connectivity index (χ0) is 15.9. The Bertz CT molecular complexity index is 710. The van der Waals surface area contributed by atoms with Crippen molar-refractivity contribution in [1.29, 1.82) is 0 Å². The van der Waals surface area contributed by atoms with Crippen molar-refractivity contribution in [1.82, 2.24) is 19.7 Å². The number of nitrogens with two attached hydrogens (primary N) is 1. The molecule has 8 heteroatoms. The highest BCUT2D eigenvalue weighted by molar-refractivity contribution is 6.37. The minimum absolute atomic E-state index is 0.0187. The van der Waals surface area contributed by atoms with Crippen molar-refractivity contribution in [3.8, 4) is 5.69 Å². The summed E-state index contributed by atoms with van der Waals surface area (Å²) in [5.74, 6) is 0.447. The van der Waals surface area contributed by atoms with Crippen LogP contribution in [0.15, 0.2) is 18.2 Å². The van der Waals surface area contributed by atoms with Crippen LogP contribution >= 0.6 is 23.2 Å². The lowest BCUT2D eigenvalue weighted by atomic mass is 10.3. The summed E-state index contributed by atoms with van der Waals surface area (Å²) < 4.78 is 1.49. The predicted octanol–water partition coefficient (Wildman–Crippen LogP) is 2.06. The maximum atomic E-state index is 12.4. The number of amides is 1. The number of hydrogen-bond acceptors (Lipinski definition) is 4. The van der Waals surface area contributed by atoms with Crippen molar-refractivity contribution < 1.29 is 4.79 Å². The Morgan fingerprint density at radius 2 is 2.05 bits per heavy atom. The third-order valence-corrected chi connectivity index (χ3v) is 4.23. The van der Waals surface area contributed by atoms with Gasteiger partial charge in [0, 0.05) is 19.1 Å². The smallest absolute Gasteiger partial charge is 0.293 e. The first-order chi connectivity index (χ1) is 10.5. The van der Waals surface area contributed by atoms with Crippen LogP contribution in [0.3, 0.4) is 0 Å². The van der Waals surface area contributed by atoms with Crippen molar-refractivity contribution in [2.24, 2.45) is 5.73 Å². The average molecular weight is 340 g/mol. The Labute approximate surface area is 137 Å². The van der Waals surface area contributed by atoms with Gasteiger partial charge in [-0.05, 0) is 25.5 Å². The summed E-state index contributed by atoms with van der Waals surface area (Å²) in [5, 5.41) is 5.17. The Kier molecular flexibility index (Phi) is 4.08. The third-order valence-electron chi connectivity index (χ3n) is 3.62. The van der Waals surface area contributed by atoms with E-state index in [0.717, 1.165) is 6.42 Å². The number of rotatable bonds is 2. The fraction of sp³-hybridized carbons (Fsp3) is 0.357. The lowest BCUT2D eigenvalue weighted by Gasteiger charge is -2.12. The monoisotopic (exact) mass is 339 g/mol. The molecule has 3 rings (SSSR count). The molecule has 22 heavy (non-hydrogen) atoms. The first-order valence-electron chi connectivity index (χ1n) is 6.90. The van der Waals surface area contributed by atoms with E-state index in [0.29, 0.717) is 34.6 Å². The van der Waals surface area contributed by atoms with Crippen LogP contribution in [0.2, 0.25) is 10.0 Å². The molecule has 116 valence electrons. The zero-order valence-electron chi connectivity index (χ0n) is 12.0. The SMILES string of the molecule is Cc1nc(C(=O)N2CC[C@@H](N)C2)nn1-c1c(Cl)cccc1Cl. The second-order valence-corrected chi connectivity index (χ2v) is 6.08. The number of para-hydroxylation sites is 1. The molecule has 1 aliphatic heterocycles. The molecule has 1 fully saturated rings. The normalized spacial score (nSPS) is 18.0. The van der Waals surface area contributed by atoms with E-state index < -0.39 is 0 Å². The fourth-order valence-corrected chi connectivity index (χ4v) is 3.05. The molecule has 1 aliphatic rings. The molecule has 6 nitrogen and oxygen atoms in total. The predicted molar refractivity (Wildman–Crippen MR) is 84.6 cm³/mol. The van der Waals surface area contributed by atoms with E-state index in [9.17, 15) is 4.79 Å². The van der Waals surface area contributed by atoms with Crippen molar-refractivity contribution >= 4 is 29.1 Å². The van der Waals surface area contributed by atoms with Crippen LogP contribution in [-0.2, 0) is 0 Å². The van der Waals surface area contributed by atoms with Gasteiger partial charge >= 0.3 is 0 Å². The molecule has 0 saturated carbocycles. The molecule has 2 aromatic rings. The summed E-state index contributed by atoms with van der Waals surface area (Å²) in [6.45, 7) is 2.90. The molecule has 2 N–H and O–H groups in total. The molecule has 0 radical (unpaired) electrons. The van der Waals surface area contributed by atoms with Crippen LogP contribution < -0.4 is 5.73 Å². The highest BCUT2D eigenvalue weighted by atomic mass is 35.5. The molecule has 0 spiro atoms. The molecule has 1 aromatic carbocycles. The molecule has 1 amide bonds. The van der Waals surface area contributed by atoms with Gasteiger partial charge < -0.3 is 10.6 Å². The van der Waals surface area contributed by atoms with Gasteiger partial charge in [0.2, 0.25) is 5.82 Å². The number of hydrogen-bond donors (Lipinski definition) is 1. The standard InChI is InChI=1S/C14H15Cl2N5O/c1-8-18-13(14(22)20-6-5-9(17)7-20)19-21(8)12-10(15)3-2-4-11(12)16/h2-4,9H,5-7,17H2,1H3/t9-/m1/s1. The summed E-state index contributed by atoms with van der Waals surface area (Å²) in [6.07, 6.45) is 0.793. The van der Waals surface area contributed by atoms with Gasteiger partial charge in [-0.25, -0.2) is 9.67 Å². The van der Waals surface area contributed by atoms with Crippen LogP contribution in [0.5, 0.6) is 0 Å². The zero-order valence-corrected chi connectivity index (χ0v) is 13.5. The van der Waals surface area contributed by atoms with E-state index in [1.54, 1.807) is 30.0 Å². The number of carbonyl (C=O) groups is 1. The molecule has 1 atom stereocenters. The highest BCUT2D eigenvalue weighted by Gasteiger charge is 2.28. The van der Waals surface area contributed by atoms with E-state index >= 15 is 0 Å². The molecule has 0 unspecified atom stereocenters. The number of benzene rings is 1. The summed E-state index contributed by atoms with van der Waals surface area (Å²) in [5.41, 5.74) is 6.35. The van der Waals surface area contributed by atoms with Crippen molar-refractivity contribution in [3.05, 3.63) is 39.9 Å². The average Bonchev–Trinajstić information content (AvgIpc) is 3.05. The van der Waals surface area contributed by atoms with Crippen LogP contribution in [0.1, 0.15) is 22.9 Å². The topological polar surface area (TPSA) is 77.0 Å².